The Morgan fingerprint density at radius 3 is 2.57 bits per heavy atom. The third kappa shape index (κ3) is 2.60. The number of benzene rings is 1. The van der Waals surface area contributed by atoms with Gasteiger partial charge in [0.2, 0.25) is 0 Å². The van der Waals surface area contributed by atoms with Crippen molar-refractivity contribution in [1.82, 2.24) is 4.98 Å². The number of halogens is 3. The van der Waals surface area contributed by atoms with E-state index in [1.807, 2.05) is 0 Å². The Morgan fingerprint density at radius 1 is 1.19 bits per heavy atom. The van der Waals surface area contributed by atoms with Crippen molar-refractivity contribution in [2.24, 2.45) is 0 Å². The van der Waals surface area contributed by atoms with E-state index in [1.165, 1.54) is 17.4 Å². The quantitative estimate of drug-likeness (QED) is 0.646. The molecule has 2 heterocycles. The van der Waals surface area contributed by atoms with Crippen LogP contribution in [-0.2, 0) is 0 Å². The first-order valence-corrected chi connectivity index (χ1v) is 7.70. The maximum atomic E-state index is 11.5. The number of aromatic nitrogens is 1. The molecule has 0 aliphatic rings. The molecule has 0 saturated carbocycles. The van der Waals surface area contributed by atoms with Gasteiger partial charge in [-0.3, -0.25) is 0 Å². The lowest BCUT2D eigenvalue weighted by molar-refractivity contribution is 0.0699. The van der Waals surface area contributed by atoms with E-state index in [2.05, 4.69) is 4.98 Å². The largest absolute Gasteiger partial charge is 0.478 e. The number of rotatable bonds is 2. The number of nitrogens with zero attached hydrogens (tertiary/aromatic N) is 1. The predicted octanol–water partition coefficient (Wildman–Crippen LogP) is 5.62. The molecule has 106 valence electrons. The molecule has 3 rings (SSSR count). The molecule has 1 N–H and O–H groups in total. The zero-order valence-corrected chi connectivity index (χ0v) is 13.3. The van der Waals surface area contributed by atoms with Crippen LogP contribution in [0.2, 0.25) is 13.7 Å². The van der Waals surface area contributed by atoms with E-state index in [0.717, 1.165) is 0 Å². The molecule has 0 aliphatic carbocycles. The number of carboxylic acids is 1. The van der Waals surface area contributed by atoms with Crippen molar-refractivity contribution in [3.63, 3.8) is 0 Å². The Bertz CT molecular complexity index is 876. The second-order valence-electron chi connectivity index (χ2n) is 4.23. The van der Waals surface area contributed by atoms with E-state index in [-0.39, 0.29) is 5.56 Å². The summed E-state index contributed by atoms with van der Waals surface area (Å²) in [5.41, 5.74) is 1.57. The fourth-order valence-corrected chi connectivity index (χ4v) is 3.74. The summed E-state index contributed by atoms with van der Waals surface area (Å²) in [6, 6.07) is 8.15. The average Bonchev–Trinajstić information content (AvgIpc) is 2.77. The molecule has 7 heteroatoms. The molecule has 0 atom stereocenters. The third-order valence-corrected chi connectivity index (χ3v) is 4.75. The smallest absolute Gasteiger partial charge is 0.336 e. The van der Waals surface area contributed by atoms with Crippen molar-refractivity contribution in [2.75, 3.05) is 0 Å². The Kier molecular flexibility index (Phi) is 3.80. The van der Waals surface area contributed by atoms with Crippen LogP contribution in [0.4, 0.5) is 0 Å². The van der Waals surface area contributed by atoms with Gasteiger partial charge in [0.15, 0.2) is 0 Å². The van der Waals surface area contributed by atoms with Gasteiger partial charge in [0.05, 0.1) is 26.1 Å². The zero-order valence-electron chi connectivity index (χ0n) is 10.2. The van der Waals surface area contributed by atoms with Gasteiger partial charge in [0.25, 0.3) is 0 Å². The van der Waals surface area contributed by atoms with E-state index < -0.39 is 5.97 Å². The summed E-state index contributed by atoms with van der Waals surface area (Å²) in [6.45, 7) is 0. The zero-order chi connectivity index (χ0) is 15.1. The Hall–Kier alpha value is -1.33. The van der Waals surface area contributed by atoms with Gasteiger partial charge < -0.3 is 5.11 Å². The highest BCUT2D eigenvalue weighted by Crippen LogP contribution is 2.39. The summed E-state index contributed by atoms with van der Waals surface area (Å²) in [7, 11) is 0. The highest BCUT2D eigenvalue weighted by atomic mass is 35.5. The first kappa shape index (κ1) is 14.6. The maximum absolute atomic E-state index is 11.5. The van der Waals surface area contributed by atoms with Gasteiger partial charge in [-0.1, -0.05) is 46.9 Å². The second-order valence-corrected chi connectivity index (χ2v) is 6.93. The number of para-hydroxylation sites is 1. The fraction of sp³-hybridized carbons (Fsp3) is 0. The molecule has 0 saturated heterocycles. The van der Waals surface area contributed by atoms with Crippen molar-refractivity contribution in [3.05, 3.63) is 49.6 Å². The molecule has 2 aromatic heterocycles. The molecular formula is C14H6Cl3NO2S. The number of thiophene rings is 1. The van der Waals surface area contributed by atoms with Crippen molar-refractivity contribution < 1.29 is 9.90 Å². The van der Waals surface area contributed by atoms with Crippen LogP contribution in [0.3, 0.4) is 0 Å². The molecule has 0 spiro atoms. The standard InChI is InChI=1S/C14H6Cl3NO2S/c15-9-3-1-2-6-7(14(19)20)4-10(18-12(6)9)8-5-11(16)21-13(8)17/h1-5H,(H,19,20). The normalized spacial score (nSPS) is 11.0. The second kappa shape index (κ2) is 5.46. The summed E-state index contributed by atoms with van der Waals surface area (Å²) in [6.07, 6.45) is 0. The van der Waals surface area contributed by atoms with Crippen LogP contribution in [0.5, 0.6) is 0 Å². The first-order valence-electron chi connectivity index (χ1n) is 5.75. The van der Waals surface area contributed by atoms with Crippen LogP contribution in [0.15, 0.2) is 30.3 Å². The minimum Gasteiger partial charge on any atom is -0.478 e. The molecule has 3 nitrogen and oxygen atoms in total. The van der Waals surface area contributed by atoms with E-state index in [1.54, 1.807) is 24.3 Å². The SMILES string of the molecule is O=C(O)c1cc(-c2cc(Cl)sc2Cl)nc2c(Cl)cccc12. The number of fused-ring (bicyclic) bond motifs is 1. The lowest BCUT2D eigenvalue weighted by Gasteiger charge is -2.07. The van der Waals surface area contributed by atoms with Gasteiger partial charge in [-0.2, -0.15) is 0 Å². The first-order chi connectivity index (χ1) is 9.97. The number of pyridine rings is 1. The van der Waals surface area contributed by atoms with Gasteiger partial charge >= 0.3 is 5.97 Å². The summed E-state index contributed by atoms with van der Waals surface area (Å²) in [5.74, 6) is -1.05. The molecule has 0 aliphatic heterocycles. The monoisotopic (exact) mass is 357 g/mol. The van der Waals surface area contributed by atoms with Gasteiger partial charge in [0, 0.05) is 10.9 Å². The average molecular weight is 359 g/mol. The lowest BCUT2D eigenvalue weighted by Crippen LogP contribution is -2.00. The van der Waals surface area contributed by atoms with Crippen molar-refractivity contribution >= 4 is 63.0 Å². The molecule has 0 amide bonds. The van der Waals surface area contributed by atoms with Gasteiger partial charge in [0.1, 0.15) is 4.34 Å². The summed E-state index contributed by atoms with van der Waals surface area (Å²) in [4.78, 5) is 15.9. The third-order valence-electron chi connectivity index (χ3n) is 2.95. The summed E-state index contributed by atoms with van der Waals surface area (Å²) >= 11 is 19.4. The van der Waals surface area contributed by atoms with Gasteiger partial charge in [-0.25, -0.2) is 9.78 Å². The minimum absolute atomic E-state index is 0.121. The van der Waals surface area contributed by atoms with E-state index in [9.17, 15) is 9.90 Å². The van der Waals surface area contributed by atoms with Crippen LogP contribution >= 0.6 is 46.1 Å². The van der Waals surface area contributed by atoms with Crippen LogP contribution in [0.25, 0.3) is 22.2 Å². The maximum Gasteiger partial charge on any atom is 0.336 e. The van der Waals surface area contributed by atoms with E-state index in [4.69, 9.17) is 34.8 Å². The Balaban J connectivity index is 2.37. The molecule has 21 heavy (non-hydrogen) atoms. The predicted molar refractivity (Wildman–Crippen MR) is 87.0 cm³/mol. The van der Waals surface area contributed by atoms with Gasteiger partial charge in [-0.15, -0.1) is 11.3 Å². The number of hydrogen-bond donors (Lipinski definition) is 1. The Morgan fingerprint density at radius 2 is 1.95 bits per heavy atom. The highest BCUT2D eigenvalue weighted by molar-refractivity contribution is 7.20. The molecular weight excluding hydrogens is 353 g/mol. The number of hydrogen-bond acceptors (Lipinski definition) is 3. The van der Waals surface area contributed by atoms with Crippen LogP contribution < -0.4 is 0 Å². The van der Waals surface area contributed by atoms with Crippen LogP contribution in [0, 0.1) is 0 Å². The number of carboxylic acid groups (broad SMARTS) is 1. The Labute approximate surface area is 138 Å². The van der Waals surface area contributed by atoms with Crippen LogP contribution in [-0.4, -0.2) is 16.1 Å². The minimum atomic E-state index is -1.05. The van der Waals surface area contributed by atoms with Crippen molar-refractivity contribution in [1.29, 1.82) is 0 Å². The topological polar surface area (TPSA) is 50.2 Å². The fourth-order valence-electron chi connectivity index (χ4n) is 2.04. The number of aromatic carboxylic acids is 1. The molecule has 0 fully saturated rings. The number of carbonyl (C=O) groups is 1. The lowest BCUT2D eigenvalue weighted by atomic mass is 10.1. The molecule has 3 aromatic rings. The summed E-state index contributed by atoms with van der Waals surface area (Å²) in [5, 5.41) is 10.3. The molecule has 0 unspecified atom stereocenters. The summed E-state index contributed by atoms with van der Waals surface area (Å²) < 4.78 is 0.961. The van der Waals surface area contributed by atoms with E-state index in [0.29, 0.717) is 35.9 Å². The highest BCUT2D eigenvalue weighted by Gasteiger charge is 2.17. The van der Waals surface area contributed by atoms with Crippen LogP contribution in [0.1, 0.15) is 10.4 Å². The van der Waals surface area contributed by atoms with Crippen molar-refractivity contribution in [2.45, 2.75) is 0 Å². The van der Waals surface area contributed by atoms with E-state index >= 15 is 0 Å². The molecule has 1 aromatic carbocycles. The molecule has 0 radical (unpaired) electrons. The molecule has 0 bridgehead atoms. The van der Waals surface area contributed by atoms with Gasteiger partial charge in [-0.05, 0) is 18.2 Å². The van der Waals surface area contributed by atoms with Crippen molar-refractivity contribution in [3.8, 4) is 11.3 Å².